The zero-order valence-corrected chi connectivity index (χ0v) is 23.8. The summed E-state index contributed by atoms with van der Waals surface area (Å²) < 4.78 is 42.7. The summed E-state index contributed by atoms with van der Waals surface area (Å²) in [6.07, 6.45) is 2.39. The van der Waals surface area contributed by atoms with Crippen LogP contribution < -0.4 is 21.1 Å². The first-order valence-electron chi connectivity index (χ1n) is 12.6. The number of halogens is 1. The maximum atomic E-state index is 15.3. The number of para-hydroxylation sites is 2. The van der Waals surface area contributed by atoms with Crippen molar-refractivity contribution in [1.82, 2.24) is 9.55 Å². The lowest BCUT2D eigenvalue weighted by atomic mass is 10.0. The average molecular weight is 590 g/mol. The van der Waals surface area contributed by atoms with Crippen LogP contribution in [0.25, 0.3) is 22.0 Å². The predicted molar refractivity (Wildman–Crippen MR) is 163 cm³/mol. The second kappa shape index (κ2) is 12.6. The molecule has 3 aromatic carbocycles. The minimum Gasteiger partial charge on any atom is -0.373 e. The van der Waals surface area contributed by atoms with Crippen LogP contribution in [0.5, 0.6) is 0 Å². The van der Waals surface area contributed by atoms with Gasteiger partial charge in [-0.1, -0.05) is 42.5 Å². The maximum Gasteiger partial charge on any atom is 0.331 e. The van der Waals surface area contributed by atoms with Gasteiger partial charge in [0.05, 0.1) is 23.1 Å². The average Bonchev–Trinajstić information content (AvgIpc) is 2.96. The van der Waals surface area contributed by atoms with Crippen molar-refractivity contribution >= 4 is 49.9 Å². The molecule has 5 rings (SSSR count). The van der Waals surface area contributed by atoms with E-state index in [4.69, 9.17) is 4.55 Å². The predicted octanol–water partition coefficient (Wildman–Crippen LogP) is 5.66. The molecule has 0 unspecified atom stereocenters. The van der Waals surface area contributed by atoms with E-state index in [0.717, 1.165) is 5.39 Å². The van der Waals surface area contributed by atoms with Gasteiger partial charge in [0.25, 0.3) is 15.7 Å². The number of urea groups is 1. The summed E-state index contributed by atoms with van der Waals surface area (Å²) in [5.41, 5.74) is 2.37. The molecule has 2 amide bonds. The van der Waals surface area contributed by atoms with E-state index in [0.29, 0.717) is 40.1 Å². The summed E-state index contributed by atoms with van der Waals surface area (Å²) in [5.74, 6) is 0.0380. The lowest BCUT2D eigenvalue weighted by molar-refractivity contribution is 0.259. The first-order chi connectivity index (χ1) is 20.0. The van der Waals surface area contributed by atoms with E-state index in [2.05, 4.69) is 15.6 Å². The van der Waals surface area contributed by atoms with Crippen LogP contribution in [-0.4, -0.2) is 41.9 Å². The number of hydrogen-bond acceptors (Lipinski definition) is 6. The number of rotatable bonds is 5. The van der Waals surface area contributed by atoms with Crippen molar-refractivity contribution in [2.45, 2.75) is 0 Å². The minimum absolute atomic E-state index is 0.0166. The number of benzene rings is 3. The zero-order valence-electron chi connectivity index (χ0n) is 22.9. The molecule has 0 saturated heterocycles. The van der Waals surface area contributed by atoms with Crippen molar-refractivity contribution in [3.8, 4) is 11.1 Å². The second-order valence-electron chi connectivity index (χ2n) is 9.17. The topological polar surface area (TPSA) is 134 Å². The number of carbonyl (C=O) groups is 1. The molecule has 0 atom stereocenters. The van der Waals surface area contributed by atoms with Crippen LogP contribution in [0.15, 0.2) is 102 Å². The van der Waals surface area contributed by atoms with E-state index in [9.17, 15) is 18.0 Å². The number of anilines is 4. The molecule has 3 N–H and O–H groups in total. The van der Waals surface area contributed by atoms with Crippen LogP contribution in [0.4, 0.5) is 32.1 Å². The quantitative estimate of drug-likeness (QED) is 0.225. The summed E-state index contributed by atoms with van der Waals surface area (Å²) in [6.45, 7) is 0. The third-order valence-electron chi connectivity index (χ3n) is 6.10. The van der Waals surface area contributed by atoms with Crippen molar-refractivity contribution in [3.63, 3.8) is 0 Å². The number of aromatic nitrogens is 2. The summed E-state index contributed by atoms with van der Waals surface area (Å²) in [6, 6.07) is 25.0. The molecular formula is C30H28FN5O5S. The van der Waals surface area contributed by atoms with Gasteiger partial charge in [0, 0.05) is 43.0 Å². The summed E-state index contributed by atoms with van der Waals surface area (Å²) in [5, 5.41) is 6.54. The highest BCUT2D eigenvalue weighted by Crippen LogP contribution is 2.33. The van der Waals surface area contributed by atoms with Gasteiger partial charge in [0.2, 0.25) is 0 Å². The molecular weight excluding hydrogens is 561 g/mol. The van der Waals surface area contributed by atoms with Crippen LogP contribution in [0.2, 0.25) is 0 Å². The third kappa shape index (κ3) is 7.16. The molecule has 0 spiro atoms. The second-order valence-corrected chi connectivity index (χ2v) is 10.6. The first-order valence-corrected chi connectivity index (χ1v) is 14.4. The molecule has 0 saturated carbocycles. The fourth-order valence-electron chi connectivity index (χ4n) is 4.20. The van der Waals surface area contributed by atoms with Crippen molar-refractivity contribution in [2.75, 3.05) is 28.8 Å². The van der Waals surface area contributed by atoms with E-state index < -0.39 is 22.0 Å². The number of carbonyl (C=O) groups excluding carboxylic acids is 1. The van der Waals surface area contributed by atoms with Gasteiger partial charge < -0.3 is 15.2 Å². The van der Waals surface area contributed by atoms with Crippen molar-refractivity contribution in [2.24, 2.45) is 7.05 Å². The van der Waals surface area contributed by atoms with Gasteiger partial charge in [0.15, 0.2) is 0 Å². The molecule has 12 heteroatoms. The maximum absolute atomic E-state index is 15.3. The molecule has 216 valence electrons. The number of nitrogens with zero attached hydrogens (tertiary/aromatic N) is 3. The Kier molecular flexibility index (Phi) is 8.99. The minimum atomic E-state index is -3.67. The fourth-order valence-corrected chi connectivity index (χ4v) is 4.20. The van der Waals surface area contributed by atoms with Crippen molar-refractivity contribution in [1.29, 1.82) is 0 Å². The fraction of sp³-hybridized carbons (Fsp3) is 0.100. The molecule has 10 nitrogen and oxygen atoms in total. The van der Waals surface area contributed by atoms with Gasteiger partial charge in [0.1, 0.15) is 11.6 Å². The molecule has 2 aromatic heterocycles. The highest BCUT2D eigenvalue weighted by atomic mass is 32.2. The van der Waals surface area contributed by atoms with Crippen LogP contribution in [0, 0.1) is 5.82 Å². The summed E-state index contributed by atoms with van der Waals surface area (Å²) in [4.78, 5) is 32.4. The Morgan fingerprint density at radius 3 is 2.21 bits per heavy atom. The van der Waals surface area contributed by atoms with Gasteiger partial charge >= 0.3 is 6.03 Å². The van der Waals surface area contributed by atoms with Crippen LogP contribution in [0.1, 0.15) is 0 Å². The van der Waals surface area contributed by atoms with E-state index in [1.807, 2.05) is 12.1 Å². The number of pyridine rings is 2. The molecule has 0 bridgehead atoms. The Labute approximate surface area is 241 Å². The standard InChI is InChI=1S/C29H24FN5O2.CH4O3S/c1-31-27-17-25-20(18-32-27)15-23(28(36)34(25)2)19-13-14-24(30)26(16-19)35(22-11-7-4-8-12-22)29(37)33-21-9-5-3-6-10-21;1-5(2,3)4/h3-18H,1-2H3,(H,31,32)(H,33,37);1H3,(H,2,3,4). The number of hydrogen-bond donors (Lipinski definition) is 3. The van der Waals surface area contributed by atoms with Gasteiger partial charge in [-0.2, -0.15) is 8.42 Å². The molecule has 0 aliphatic heterocycles. The van der Waals surface area contributed by atoms with E-state index >= 15 is 4.39 Å². The monoisotopic (exact) mass is 589 g/mol. The molecule has 0 aliphatic rings. The molecule has 2 heterocycles. The van der Waals surface area contributed by atoms with Crippen LogP contribution in [-0.2, 0) is 17.2 Å². The first kappa shape index (κ1) is 29.9. The van der Waals surface area contributed by atoms with E-state index in [1.54, 1.807) is 81.0 Å². The Hall–Kier alpha value is -5.07. The molecule has 0 radical (unpaired) electrons. The third-order valence-corrected chi connectivity index (χ3v) is 6.10. The van der Waals surface area contributed by atoms with Crippen LogP contribution >= 0.6 is 0 Å². The Balaban J connectivity index is 0.000000748. The van der Waals surface area contributed by atoms with Gasteiger partial charge in [-0.3, -0.25) is 14.2 Å². The van der Waals surface area contributed by atoms with E-state index in [-0.39, 0.29) is 11.2 Å². The Bertz CT molecular complexity index is 1890. The highest BCUT2D eigenvalue weighted by Gasteiger charge is 2.23. The number of aryl methyl sites for hydroxylation is 1. The summed E-state index contributed by atoms with van der Waals surface area (Å²) in [7, 11) is -0.227. The number of fused-ring (bicyclic) bond motifs is 1. The van der Waals surface area contributed by atoms with Crippen molar-refractivity contribution in [3.05, 3.63) is 113 Å². The van der Waals surface area contributed by atoms with Crippen molar-refractivity contribution < 1.29 is 22.2 Å². The normalized spacial score (nSPS) is 10.9. The molecule has 0 aliphatic carbocycles. The smallest absolute Gasteiger partial charge is 0.331 e. The zero-order chi connectivity index (χ0) is 30.4. The Morgan fingerprint density at radius 2 is 1.60 bits per heavy atom. The highest BCUT2D eigenvalue weighted by molar-refractivity contribution is 7.85. The molecule has 42 heavy (non-hydrogen) atoms. The van der Waals surface area contributed by atoms with Gasteiger partial charge in [-0.25, -0.2) is 14.2 Å². The SMILES string of the molecule is CNc1cc2c(cn1)cc(-c1ccc(F)c(N(C(=O)Nc3ccccc3)c3ccccc3)c1)c(=O)n2C.CS(=O)(=O)O. The van der Waals surface area contributed by atoms with Gasteiger partial charge in [-0.05, 0) is 48.0 Å². The molecule has 5 aromatic rings. The Morgan fingerprint density at radius 1 is 0.976 bits per heavy atom. The largest absolute Gasteiger partial charge is 0.373 e. The lowest BCUT2D eigenvalue weighted by Crippen LogP contribution is -2.31. The summed E-state index contributed by atoms with van der Waals surface area (Å²) >= 11 is 0. The number of nitrogens with one attached hydrogen (secondary N) is 2. The molecule has 0 fully saturated rings. The van der Waals surface area contributed by atoms with Gasteiger partial charge in [-0.15, -0.1) is 0 Å². The lowest BCUT2D eigenvalue weighted by Gasteiger charge is -2.24. The van der Waals surface area contributed by atoms with E-state index in [1.165, 1.54) is 27.7 Å². The van der Waals surface area contributed by atoms with Crippen LogP contribution in [0.3, 0.4) is 0 Å². The number of amides is 2.